The van der Waals surface area contributed by atoms with Crippen molar-refractivity contribution in [1.82, 2.24) is 10.3 Å². The number of thiazole rings is 1. The first-order valence-corrected chi connectivity index (χ1v) is 7.71. The van der Waals surface area contributed by atoms with E-state index in [1.807, 2.05) is 0 Å². The molecule has 1 aliphatic carbocycles. The van der Waals surface area contributed by atoms with E-state index >= 15 is 0 Å². The van der Waals surface area contributed by atoms with Crippen LogP contribution in [0.25, 0.3) is 0 Å². The van der Waals surface area contributed by atoms with Crippen LogP contribution in [0.3, 0.4) is 0 Å². The van der Waals surface area contributed by atoms with Gasteiger partial charge in [0.2, 0.25) is 0 Å². The molecule has 0 bridgehead atoms. The van der Waals surface area contributed by atoms with Crippen LogP contribution in [-0.4, -0.2) is 24.0 Å². The Balaban J connectivity index is 1.88. The molecular weight excluding hydrogens is 260 g/mol. The van der Waals surface area contributed by atoms with E-state index in [0.717, 1.165) is 30.6 Å². The summed E-state index contributed by atoms with van der Waals surface area (Å²) in [7, 11) is 0. The van der Waals surface area contributed by atoms with E-state index in [-0.39, 0.29) is 5.91 Å². The third-order valence-corrected chi connectivity index (χ3v) is 4.42. The van der Waals surface area contributed by atoms with Crippen LogP contribution in [-0.2, 0) is 0 Å². The maximum atomic E-state index is 12.1. The molecule has 0 saturated heterocycles. The highest BCUT2D eigenvalue weighted by Crippen LogP contribution is 2.36. The second kappa shape index (κ2) is 6.23. The smallest absolute Gasteiger partial charge is 0.265 e. The molecule has 0 spiro atoms. The van der Waals surface area contributed by atoms with Gasteiger partial charge in [-0.15, -0.1) is 0 Å². The van der Waals surface area contributed by atoms with Crippen molar-refractivity contribution in [2.45, 2.75) is 33.1 Å². The number of rotatable bonds is 7. The molecule has 19 heavy (non-hydrogen) atoms. The number of carbonyl (C=O) groups is 1. The van der Waals surface area contributed by atoms with Gasteiger partial charge >= 0.3 is 0 Å². The van der Waals surface area contributed by atoms with Gasteiger partial charge in [0.05, 0.1) is 0 Å². The van der Waals surface area contributed by atoms with Crippen LogP contribution in [0.15, 0.2) is 0 Å². The summed E-state index contributed by atoms with van der Waals surface area (Å²) in [6.07, 6.45) is 3.61. The summed E-state index contributed by atoms with van der Waals surface area (Å²) in [6.45, 7) is 5.82. The summed E-state index contributed by atoms with van der Waals surface area (Å²) in [4.78, 5) is 16.7. The molecule has 1 heterocycles. The molecule has 1 aromatic rings. The minimum Gasteiger partial charge on any atom is -0.382 e. The maximum Gasteiger partial charge on any atom is 0.265 e. The van der Waals surface area contributed by atoms with Crippen LogP contribution < -0.4 is 16.4 Å². The minimum atomic E-state index is -0.105. The average molecular weight is 282 g/mol. The lowest BCUT2D eigenvalue weighted by atomic mass is 10.1. The Labute approximate surface area is 118 Å². The standard InChI is InChI=1S/C13H22N4OS/c1-3-6-15-13-17-11(14)10(19-13)12(18)16-7-8(2)9-4-5-9/h8-9H,3-7,14H2,1-2H3,(H,15,17)(H,16,18). The monoisotopic (exact) mass is 282 g/mol. The number of nitrogens with two attached hydrogens (primary N) is 1. The number of anilines is 2. The SMILES string of the molecule is CCCNc1nc(N)c(C(=O)NCC(C)C2CC2)s1. The van der Waals surface area contributed by atoms with Gasteiger partial charge in [0, 0.05) is 13.1 Å². The molecule has 2 rings (SSSR count). The lowest BCUT2D eigenvalue weighted by Crippen LogP contribution is -2.28. The van der Waals surface area contributed by atoms with E-state index in [9.17, 15) is 4.79 Å². The molecule has 4 N–H and O–H groups in total. The van der Waals surface area contributed by atoms with E-state index in [0.29, 0.717) is 16.6 Å². The molecule has 1 aliphatic rings. The second-order valence-corrected chi connectivity index (χ2v) is 6.18. The Bertz CT molecular complexity index is 442. The first kappa shape index (κ1) is 14.1. The number of amides is 1. The third-order valence-electron chi connectivity index (χ3n) is 3.40. The zero-order chi connectivity index (χ0) is 13.8. The van der Waals surface area contributed by atoms with E-state index < -0.39 is 0 Å². The first-order valence-electron chi connectivity index (χ1n) is 6.90. The molecule has 1 atom stereocenters. The topological polar surface area (TPSA) is 80.0 Å². The lowest BCUT2D eigenvalue weighted by Gasteiger charge is -2.10. The molecule has 1 fully saturated rings. The van der Waals surface area contributed by atoms with Crippen molar-refractivity contribution in [3.63, 3.8) is 0 Å². The number of aromatic nitrogens is 1. The van der Waals surface area contributed by atoms with Crippen molar-refractivity contribution >= 4 is 28.2 Å². The predicted octanol–water partition coefficient (Wildman–Crippen LogP) is 2.32. The Kier molecular flexibility index (Phi) is 4.63. The van der Waals surface area contributed by atoms with Gasteiger partial charge < -0.3 is 16.4 Å². The van der Waals surface area contributed by atoms with Crippen LogP contribution in [0.2, 0.25) is 0 Å². The molecule has 1 unspecified atom stereocenters. The van der Waals surface area contributed by atoms with Gasteiger partial charge in [-0.3, -0.25) is 4.79 Å². The Hall–Kier alpha value is -1.30. The van der Waals surface area contributed by atoms with Crippen LogP contribution in [0.1, 0.15) is 42.8 Å². The first-order chi connectivity index (χ1) is 9.11. The molecule has 106 valence electrons. The molecule has 1 saturated carbocycles. The number of nitrogen functional groups attached to an aromatic ring is 1. The van der Waals surface area contributed by atoms with Gasteiger partial charge in [0.1, 0.15) is 10.7 Å². The fourth-order valence-corrected chi connectivity index (χ4v) is 2.79. The fourth-order valence-electron chi connectivity index (χ4n) is 1.97. The van der Waals surface area contributed by atoms with Crippen molar-refractivity contribution in [2.75, 3.05) is 24.1 Å². The van der Waals surface area contributed by atoms with E-state index in [4.69, 9.17) is 5.73 Å². The van der Waals surface area contributed by atoms with E-state index in [1.54, 1.807) is 0 Å². The highest BCUT2D eigenvalue weighted by Gasteiger charge is 2.28. The predicted molar refractivity (Wildman–Crippen MR) is 79.5 cm³/mol. The summed E-state index contributed by atoms with van der Waals surface area (Å²) in [5, 5.41) is 6.83. The molecule has 6 heteroatoms. The van der Waals surface area contributed by atoms with Crippen LogP contribution in [0, 0.1) is 11.8 Å². The van der Waals surface area contributed by atoms with Gasteiger partial charge in [-0.1, -0.05) is 25.2 Å². The number of carbonyl (C=O) groups excluding carboxylic acids is 1. The summed E-state index contributed by atoms with van der Waals surface area (Å²) in [6, 6.07) is 0. The molecule has 0 radical (unpaired) electrons. The van der Waals surface area contributed by atoms with Crippen LogP contribution in [0.4, 0.5) is 10.9 Å². The number of nitrogens with one attached hydrogen (secondary N) is 2. The van der Waals surface area contributed by atoms with Gasteiger partial charge in [-0.05, 0) is 31.1 Å². The Morgan fingerprint density at radius 3 is 2.95 bits per heavy atom. The van der Waals surface area contributed by atoms with Crippen LogP contribution in [0.5, 0.6) is 0 Å². The Morgan fingerprint density at radius 1 is 1.58 bits per heavy atom. The van der Waals surface area contributed by atoms with E-state index in [2.05, 4.69) is 29.5 Å². The summed E-state index contributed by atoms with van der Waals surface area (Å²) in [5.74, 6) is 1.56. The van der Waals surface area contributed by atoms with Crippen molar-refractivity contribution in [2.24, 2.45) is 11.8 Å². The summed E-state index contributed by atoms with van der Waals surface area (Å²) < 4.78 is 0. The van der Waals surface area contributed by atoms with Gasteiger partial charge in [0.25, 0.3) is 5.91 Å². The largest absolute Gasteiger partial charge is 0.382 e. The van der Waals surface area contributed by atoms with Crippen molar-refractivity contribution in [3.05, 3.63) is 4.88 Å². The molecular formula is C13H22N4OS. The molecule has 1 aromatic heterocycles. The van der Waals surface area contributed by atoms with Crippen LogP contribution >= 0.6 is 11.3 Å². The Morgan fingerprint density at radius 2 is 2.32 bits per heavy atom. The third kappa shape index (κ3) is 3.83. The second-order valence-electron chi connectivity index (χ2n) is 5.18. The zero-order valence-corrected chi connectivity index (χ0v) is 12.3. The minimum absolute atomic E-state index is 0.105. The van der Waals surface area contributed by atoms with Gasteiger partial charge in [-0.2, -0.15) is 0 Å². The maximum absolute atomic E-state index is 12.1. The zero-order valence-electron chi connectivity index (χ0n) is 11.5. The molecule has 0 aromatic carbocycles. The molecule has 0 aliphatic heterocycles. The summed E-state index contributed by atoms with van der Waals surface area (Å²) in [5.41, 5.74) is 5.79. The fraction of sp³-hybridized carbons (Fsp3) is 0.692. The number of hydrogen-bond donors (Lipinski definition) is 3. The highest BCUT2D eigenvalue weighted by molar-refractivity contribution is 7.18. The van der Waals surface area contributed by atoms with Crippen molar-refractivity contribution < 1.29 is 4.79 Å². The normalized spacial score (nSPS) is 16.1. The van der Waals surface area contributed by atoms with Crippen molar-refractivity contribution in [1.29, 1.82) is 0 Å². The molecule has 5 nitrogen and oxygen atoms in total. The summed E-state index contributed by atoms with van der Waals surface area (Å²) >= 11 is 1.32. The average Bonchev–Trinajstić information content (AvgIpc) is 3.17. The highest BCUT2D eigenvalue weighted by atomic mass is 32.1. The quantitative estimate of drug-likeness (QED) is 0.717. The number of hydrogen-bond acceptors (Lipinski definition) is 5. The van der Waals surface area contributed by atoms with Gasteiger partial charge in [-0.25, -0.2) is 4.98 Å². The number of nitrogens with zero attached hydrogens (tertiary/aromatic N) is 1. The van der Waals surface area contributed by atoms with E-state index in [1.165, 1.54) is 24.2 Å². The molecule has 1 amide bonds. The lowest BCUT2D eigenvalue weighted by molar-refractivity contribution is 0.0951. The van der Waals surface area contributed by atoms with Crippen molar-refractivity contribution in [3.8, 4) is 0 Å². The van der Waals surface area contributed by atoms with Gasteiger partial charge in [0.15, 0.2) is 5.13 Å².